The van der Waals surface area contributed by atoms with Gasteiger partial charge in [-0.2, -0.15) is 0 Å². The minimum absolute atomic E-state index is 0.0552. The van der Waals surface area contributed by atoms with Crippen molar-refractivity contribution in [2.75, 3.05) is 32.8 Å². The van der Waals surface area contributed by atoms with Crippen molar-refractivity contribution in [1.29, 1.82) is 0 Å². The van der Waals surface area contributed by atoms with E-state index in [2.05, 4.69) is 12.2 Å². The van der Waals surface area contributed by atoms with Crippen molar-refractivity contribution >= 4 is 11.8 Å². The largest absolute Gasteiger partial charge is 0.486 e. The fourth-order valence-corrected chi connectivity index (χ4v) is 4.23. The Kier molecular flexibility index (Phi) is 7.62. The molecule has 166 valence electrons. The molecule has 6 heteroatoms. The van der Waals surface area contributed by atoms with Gasteiger partial charge in [0.2, 0.25) is 11.8 Å². The highest BCUT2D eigenvalue weighted by Crippen LogP contribution is 2.36. The zero-order valence-electron chi connectivity index (χ0n) is 18.7. The van der Waals surface area contributed by atoms with Crippen molar-refractivity contribution in [2.45, 2.75) is 64.7 Å². The normalized spacial score (nSPS) is 18.8. The molecule has 1 N–H and O–H groups in total. The molecule has 0 saturated carbocycles. The zero-order valence-corrected chi connectivity index (χ0v) is 18.7. The lowest BCUT2D eigenvalue weighted by atomic mass is 9.82. The molecular formula is C24H36N2O4. The van der Waals surface area contributed by atoms with Crippen LogP contribution in [0, 0.1) is 5.92 Å². The Morgan fingerprint density at radius 3 is 2.67 bits per heavy atom. The van der Waals surface area contributed by atoms with Gasteiger partial charge in [0.25, 0.3) is 0 Å². The average molecular weight is 417 g/mol. The van der Waals surface area contributed by atoms with E-state index in [1.165, 1.54) is 12.8 Å². The van der Waals surface area contributed by atoms with Crippen molar-refractivity contribution in [1.82, 2.24) is 10.2 Å². The summed E-state index contributed by atoms with van der Waals surface area (Å²) in [5, 5.41) is 3.07. The second-order valence-electron chi connectivity index (χ2n) is 8.93. The molecule has 1 atom stereocenters. The summed E-state index contributed by atoms with van der Waals surface area (Å²) in [4.78, 5) is 27.9. The van der Waals surface area contributed by atoms with E-state index in [0.29, 0.717) is 32.1 Å². The van der Waals surface area contributed by atoms with E-state index in [-0.39, 0.29) is 17.7 Å². The van der Waals surface area contributed by atoms with Gasteiger partial charge in [-0.1, -0.05) is 32.3 Å². The number of unbranched alkanes of at least 4 members (excludes halogenated alkanes) is 3. The fourth-order valence-electron chi connectivity index (χ4n) is 4.23. The third-order valence-electron chi connectivity index (χ3n) is 6.21. The fraction of sp³-hybridized carbons (Fsp3) is 0.667. The van der Waals surface area contributed by atoms with Crippen LogP contribution in [0.15, 0.2) is 18.2 Å². The van der Waals surface area contributed by atoms with Crippen LogP contribution in [-0.2, 0) is 15.0 Å². The van der Waals surface area contributed by atoms with Crippen LogP contribution in [0.3, 0.4) is 0 Å². The number of piperidine rings is 1. The van der Waals surface area contributed by atoms with E-state index in [1.807, 2.05) is 36.9 Å². The number of rotatable bonds is 8. The molecule has 0 bridgehead atoms. The van der Waals surface area contributed by atoms with E-state index >= 15 is 0 Å². The molecule has 6 nitrogen and oxygen atoms in total. The van der Waals surface area contributed by atoms with Gasteiger partial charge in [-0.3, -0.25) is 9.59 Å². The number of likely N-dealkylation sites (tertiary alicyclic amines) is 1. The second-order valence-corrected chi connectivity index (χ2v) is 8.93. The van der Waals surface area contributed by atoms with Gasteiger partial charge in [0, 0.05) is 19.6 Å². The summed E-state index contributed by atoms with van der Waals surface area (Å²) in [5.41, 5.74) is 0.202. The highest BCUT2D eigenvalue weighted by atomic mass is 16.6. The highest BCUT2D eigenvalue weighted by Gasteiger charge is 2.37. The maximum Gasteiger partial charge on any atom is 0.232 e. The molecule has 0 aliphatic carbocycles. The Morgan fingerprint density at radius 2 is 1.90 bits per heavy atom. The van der Waals surface area contributed by atoms with Crippen molar-refractivity contribution in [3.05, 3.63) is 23.8 Å². The molecular weight excluding hydrogens is 380 g/mol. The quantitative estimate of drug-likeness (QED) is 0.657. The number of amides is 2. The summed E-state index contributed by atoms with van der Waals surface area (Å²) in [6.45, 7) is 9.05. The van der Waals surface area contributed by atoms with Gasteiger partial charge in [0.1, 0.15) is 13.2 Å². The van der Waals surface area contributed by atoms with Gasteiger partial charge < -0.3 is 19.7 Å². The molecule has 2 heterocycles. The number of carbonyl (C=O) groups excluding carboxylic acids is 2. The van der Waals surface area contributed by atoms with Crippen molar-refractivity contribution in [2.24, 2.45) is 5.92 Å². The molecule has 2 aliphatic rings. The smallest absolute Gasteiger partial charge is 0.232 e. The predicted octanol–water partition coefficient (Wildman–Crippen LogP) is 3.67. The maximum atomic E-state index is 13.4. The van der Waals surface area contributed by atoms with Gasteiger partial charge in [0.05, 0.1) is 11.3 Å². The monoisotopic (exact) mass is 416 g/mol. The first-order chi connectivity index (χ1) is 14.4. The lowest BCUT2D eigenvalue weighted by Crippen LogP contribution is -2.50. The van der Waals surface area contributed by atoms with Gasteiger partial charge in [-0.25, -0.2) is 0 Å². The number of benzene rings is 1. The maximum absolute atomic E-state index is 13.4. The van der Waals surface area contributed by atoms with Crippen LogP contribution in [0.1, 0.15) is 64.9 Å². The Balaban J connectivity index is 1.60. The van der Waals surface area contributed by atoms with E-state index in [4.69, 9.17) is 9.47 Å². The van der Waals surface area contributed by atoms with Crippen LogP contribution in [0.25, 0.3) is 0 Å². The first-order valence-corrected chi connectivity index (χ1v) is 11.4. The predicted molar refractivity (Wildman–Crippen MR) is 117 cm³/mol. The van der Waals surface area contributed by atoms with Crippen LogP contribution in [-0.4, -0.2) is 49.6 Å². The van der Waals surface area contributed by atoms with E-state index in [1.54, 1.807) is 0 Å². The number of hydrogen-bond acceptors (Lipinski definition) is 4. The minimum atomic E-state index is -0.700. The molecule has 2 aliphatic heterocycles. The van der Waals surface area contributed by atoms with Crippen LogP contribution in [0.4, 0.5) is 0 Å². The Bertz CT molecular complexity index is 747. The number of nitrogens with zero attached hydrogens (tertiary/aromatic N) is 1. The molecule has 0 aromatic heterocycles. The van der Waals surface area contributed by atoms with Gasteiger partial charge in [0.15, 0.2) is 11.5 Å². The topological polar surface area (TPSA) is 67.9 Å². The zero-order chi connectivity index (χ0) is 21.6. The van der Waals surface area contributed by atoms with E-state index in [0.717, 1.165) is 43.5 Å². The van der Waals surface area contributed by atoms with Crippen molar-refractivity contribution in [3.8, 4) is 11.5 Å². The van der Waals surface area contributed by atoms with Gasteiger partial charge in [-0.15, -0.1) is 0 Å². The van der Waals surface area contributed by atoms with E-state index < -0.39 is 5.41 Å². The number of ether oxygens (including phenoxy) is 2. The van der Waals surface area contributed by atoms with Crippen LogP contribution >= 0.6 is 0 Å². The third-order valence-corrected chi connectivity index (χ3v) is 6.21. The van der Waals surface area contributed by atoms with Crippen LogP contribution < -0.4 is 14.8 Å². The molecule has 30 heavy (non-hydrogen) atoms. The third kappa shape index (κ3) is 5.27. The first-order valence-electron chi connectivity index (χ1n) is 11.4. The summed E-state index contributed by atoms with van der Waals surface area (Å²) in [6.07, 6.45) is 6.26. The second kappa shape index (κ2) is 10.2. The van der Waals surface area contributed by atoms with Gasteiger partial charge in [-0.05, 0) is 50.8 Å². The Hall–Kier alpha value is -2.24. The first kappa shape index (κ1) is 22.4. The summed E-state index contributed by atoms with van der Waals surface area (Å²) in [7, 11) is 0. The molecule has 0 radical (unpaired) electrons. The summed E-state index contributed by atoms with van der Waals surface area (Å²) >= 11 is 0. The van der Waals surface area contributed by atoms with Crippen LogP contribution in [0.5, 0.6) is 11.5 Å². The number of hydrogen-bond donors (Lipinski definition) is 1. The van der Waals surface area contributed by atoms with Crippen LogP contribution in [0.2, 0.25) is 0 Å². The minimum Gasteiger partial charge on any atom is -0.486 e. The van der Waals surface area contributed by atoms with Gasteiger partial charge >= 0.3 is 0 Å². The lowest BCUT2D eigenvalue weighted by Gasteiger charge is -2.37. The van der Waals surface area contributed by atoms with Crippen molar-refractivity contribution < 1.29 is 19.1 Å². The number of carbonyl (C=O) groups is 2. The molecule has 1 aromatic carbocycles. The molecule has 2 amide bonds. The number of nitrogens with one attached hydrogen (secondary N) is 1. The van der Waals surface area contributed by atoms with E-state index in [9.17, 15) is 9.59 Å². The van der Waals surface area contributed by atoms with Crippen molar-refractivity contribution in [3.63, 3.8) is 0 Å². The molecule has 1 fully saturated rings. The summed E-state index contributed by atoms with van der Waals surface area (Å²) < 4.78 is 11.3. The highest BCUT2D eigenvalue weighted by molar-refractivity contribution is 5.88. The standard InChI is InChI=1S/C24H36N2O4/c1-4-5-6-7-12-25-22(27)18-9-8-13-26(17-18)23(28)24(2,3)19-10-11-20-21(16-19)30-15-14-29-20/h10-11,16,18H,4-9,12-15,17H2,1-3H3,(H,25,27). The average Bonchev–Trinajstić information content (AvgIpc) is 2.78. The summed E-state index contributed by atoms with van der Waals surface area (Å²) in [6, 6.07) is 5.73. The lowest BCUT2D eigenvalue weighted by molar-refractivity contribution is -0.140. The Morgan fingerprint density at radius 1 is 1.13 bits per heavy atom. The molecule has 3 rings (SSSR count). The Labute approximate surface area is 180 Å². The molecule has 1 saturated heterocycles. The SMILES string of the molecule is CCCCCCNC(=O)C1CCCN(C(=O)C(C)(C)c2ccc3c(c2)OCCO3)C1. The number of fused-ring (bicyclic) bond motifs is 1. The molecule has 1 aromatic rings. The molecule has 1 unspecified atom stereocenters. The summed E-state index contributed by atoms with van der Waals surface area (Å²) in [5.74, 6) is 1.44. The molecule has 0 spiro atoms.